The fraction of sp³-hybridized carbons (Fsp3) is 0.500. The van der Waals surface area contributed by atoms with Crippen LogP contribution in [0.5, 0.6) is 0 Å². The Hall–Kier alpha value is -1.32. The quantitative estimate of drug-likeness (QED) is 0.679. The van der Waals surface area contributed by atoms with E-state index in [2.05, 4.69) is 22.2 Å². The molecule has 2 rings (SSSR count). The molecule has 0 atom stereocenters. The molecule has 0 amide bonds. The maximum Gasteiger partial charge on any atom is 0.290 e. The first kappa shape index (κ1) is 7.34. The summed E-state index contributed by atoms with van der Waals surface area (Å²) in [6, 6.07) is 0. The summed E-state index contributed by atoms with van der Waals surface area (Å²) >= 11 is 0. The fourth-order valence-corrected chi connectivity index (χ4v) is 1.04. The van der Waals surface area contributed by atoms with Crippen molar-refractivity contribution in [3.63, 3.8) is 0 Å². The van der Waals surface area contributed by atoms with E-state index in [-0.39, 0.29) is 11.1 Å². The highest BCUT2D eigenvalue weighted by Gasteiger charge is 2.37. The molecule has 2 N–H and O–H groups in total. The molecule has 1 heterocycles. The summed E-state index contributed by atoms with van der Waals surface area (Å²) in [5.74, 6) is 0.428. The maximum absolute atomic E-state index is 11.1. The van der Waals surface area contributed by atoms with E-state index >= 15 is 0 Å². The second kappa shape index (κ2) is 2.33. The summed E-state index contributed by atoms with van der Waals surface area (Å²) in [5, 5.41) is 3.11. The summed E-state index contributed by atoms with van der Waals surface area (Å²) in [5.41, 5.74) is -0.0351. The molecule has 12 heavy (non-hydrogen) atoms. The summed E-state index contributed by atoms with van der Waals surface area (Å²) in [7, 11) is 0. The average Bonchev–Trinajstić information content (AvgIpc) is 2.74. The van der Waals surface area contributed by atoms with E-state index in [0.717, 1.165) is 12.8 Å². The van der Waals surface area contributed by atoms with E-state index in [4.69, 9.17) is 0 Å². The lowest BCUT2D eigenvalue weighted by atomic mass is 10.3. The second-order valence-electron chi connectivity index (χ2n) is 3.45. The van der Waals surface area contributed by atoms with E-state index in [1.807, 2.05) is 0 Å². The Kier molecular flexibility index (Phi) is 1.43. The van der Waals surface area contributed by atoms with Gasteiger partial charge in [0.25, 0.3) is 5.56 Å². The predicted octanol–water partition coefficient (Wildman–Crippen LogP) is 0.734. The van der Waals surface area contributed by atoms with Gasteiger partial charge < -0.3 is 10.3 Å². The van der Waals surface area contributed by atoms with Gasteiger partial charge in [-0.05, 0) is 19.8 Å². The van der Waals surface area contributed by atoms with E-state index in [1.165, 1.54) is 6.20 Å². The zero-order valence-electron chi connectivity index (χ0n) is 6.92. The zero-order chi connectivity index (χ0) is 8.60. The molecular formula is C8H11N3O. The van der Waals surface area contributed by atoms with Crippen molar-refractivity contribution in [1.29, 1.82) is 0 Å². The van der Waals surface area contributed by atoms with Crippen molar-refractivity contribution in [2.24, 2.45) is 0 Å². The number of hydrogen-bond donors (Lipinski definition) is 2. The third-order valence-electron chi connectivity index (χ3n) is 2.13. The Bertz CT molecular complexity index is 340. The van der Waals surface area contributed by atoms with Crippen molar-refractivity contribution < 1.29 is 0 Å². The molecule has 0 spiro atoms. The number of H-pyrrole nitrogens is 1. The van der Waals surface area contributed by atoms with Crippen LogP contribution >= 0.6 is 0 Å². The number of aromatic nitrogens is 2. The number of rotatable bonds is 2. The molecule has 1 aromatic heterocycles. The minimum absolute atomic E-state index is 0.112. The highest BCUT2D eigenvalue weighted by Crippen LogP contribution is 2.36. The van der Waals surface area contributed by atoms with Gasteiger partial charge in [0.15, 0.2) is 5.82 Å². The standard InChI is InChI=1S/C8H11N3O/c1-8(2-3-8)11-6-7(12)10-5-4-9-6/h4-5H,2-3H2,1H3,(H,9,11)(H,10,12). The van der Waals surface area contributed by atoms with Gasteiger partial charge >= 0.3 is 0 Å². The summed E-state index contributed by atoms with van der Waals surface area (Å²) in [4.78, 5) is 17.7. The molecule has 1 fully saturated rings. The molecule has 1 aromatic rings. The maximum atomic E-state index is 11.1. The monoisotopic (exact) mass is 165 g/mol. The molecule has 1 saturated carbocycles. The van der Waals surface area contributed by atoms with Crippen LogP contribution in [-0.2, 0) is 0 Å². The molecule has 4 nitrogen and oxygen atoms in total. The molecule has 1 aliphatic carbocycles. The smallest absolute Gasteiger partial charge is 0.290 e. The Morgan fingerprint density at radius 3 is 3.00 bits per heavy atom. The molecular weight excluding hydrogens is 154 g/mol. The van der Waals surface area contributed by atoms with Crippen molar-refractivity contribution in [1.82, 2.24) is 9.97 Å². The highest BCUT2D eigenvalue weighted by atomic mass is 16.1. The van der Waals surface area contributed by atoms with Gasteiger partial charge in [-0.25, -0.2) is 4.98 Å². The van der Waals surface area contributed by atoms with Crippen molar-refractivity contribution in [2.75, 3.05) is 5.32 Å². The van der Waals surface area contributed by atoms with Crippen molar-refractivity contribution in [3.05, 3.63) is 22.7 Å². The highest BCUT2D eigenvalue weighted by molar-refractivity contribution is 5.36. The number of anilines is 1. The number of nitrogens with zero attached hydrogens (tertiary/aromatic N) is 1. The predicted molar refractivity (Wildman–Crippen MR) is 46.1 cm³/mol. The van der Waals surface area contributed by atoms with Gasteiger partial charge in [0.2, 0.25) is 0 Å². The Morgan fingerprint density at radius 1 is 1.67 bits per heavy atom. The number of nitrogens with one attached hydrogen (secondary N) is 2. The van der Waals surface area contributed by atoms with Crippen LogP contribution in [0.2, 0.25) is 0 Å². The topological polar surface area (TPSA) is 57.8 Å². The molecule has 4 heteroatoms. The molecule has 0 aromatic carbocycles. The average molecular weight is 165 g/mol. The second-order valence-corrected chi connectivity index (χ2v) is 3.45. The van der Waals surface area contributed by atoms with Crippen LogP contribution in [0.25, 0.3) is 0 Å². The summed E-state index contributed by atoms with van der Waals surface area (Å²) < 4.78 is 0. The van der Waals surface area contributed by atoms with E-state index < -0.39 is 0 Å². The van der Waals surface area contributed by atoms with Crippen LogP contribution in [0, 0.1) is 0 Å². The molecule has 0 unspecified atom stereocenters. The van der Waals surface area contributed by atoms with Crippen LogP contribution in [0.4, 0.5) is 5.82 Å². The minimum atomic E-state index is -0.148. The van der Waals surface area contributed by atoms with Crippen LogP contribution in [-0.4, -0.2) is 15.5 Å². The van der Waals surface area contributed by atoms with Gasteiger partial charge in [-0.1, -0.05) is 0 Å². The molecule has 64 valence electrons. The summed E-state index contributed by atoms with van der Waals surface area (Å²) in [6.07, 6.45) is 5.34. The SMILES string of the molecule is CC1(Nc2ncc[nH]c2=O)CC1. The number of aromatic amines is 1. The van der Waals surface area contributed by atoms with Crippen LogP contribution < -0.4 is 10.9 Å². The van der Waals surface area contributed by atoms with E-state index in [0.29, 0.717) is 5.82 Å². The minimum Gasteiger partial charge on any atom is -0.360 e. The van der Waals surface area contributed by atoms with Gasteiger partial charge in [-0.2, -0.15) is 0 Å². The number of hydrogen-bond acceptors (Lipinski definition) is 3. The van der Waals surface area contributed by atoms with Crippen LogP contribution in [0.3, 0.4) is 0 Å². The molecule has 0 bridgehead atoms. The normalized spacial score (nSPS) is 18.8. The zero-order valence-corrected chi connectivity index (χ0v) is 6.92. The van der Waals surface area contributed by atoms with Crippen LogP contribution in [0.15, 0.2) is 17.2 Å². The van der Waals surface area contributed by atoms with Gasteiger partial charge in [0.05, 0.1) is 0 Å². The van der Waals surface area contributed by atoms with Crippen molar-refractivity contribution >= 4 is 5.82 Å². The van der Waals surface area contributed by atoms with E-state index in [9.17, 15) is 4.79 Å². The Labute approximate surface area is 70.0 Å². The van der Waals surface area contributed by atoms with Gasteiger partial charge in [0.1, 0.15) is 0 Å². The van der Waals surface area contributed by atoms with Crippen LogP contribution in [0.1, 0.15) is 19.8 Å². The lowest BCUT2D eigenvalue weighted by Gasteiger charge is -2.09. The lowest BCUT2D eigenvalue weighted by Crippen LogP contribution is -2.23. The first-order valence-corrected chi connectivity index (χ1v) is 4.02. The van der Waals surface area contributed by atoms with Gasteiger partial charge in [0, 0.05) is 17.9 Å². The Balaban J connectivity index is 2.23. The lowest BCUT2D eigenvalue weighted by molar-refractivity contribution is 0.815. The fourth-order valence-electron chi connectivity index (χ4n) is 1.04. The van der Waals surface area contributed by atoms with Crippen molar-refractivity contribution in [3.8, 4) is 0 Å². The Morgan fingerprint density at radius 2 is 2.42 bits per heavy atom. The largest absolute Gasteiger partial charge is 0.360 e. The first-order chi connectivity index (χ1) is 5.70. The molecule has 0 saturated heterocycles. The third kappa shape index (κ3) is 1.32. The van der Waals surface area contributed by atoms with Crippen molar-refractivity contribution in [2.45, 2.75) is 25.3 Å². The molecule has 0 aliphatic heterocycles. The molecule has 0 radical (unpaired) electrons. The van der Waals surface area contributed by atoms with Gasteiger partial charge in [-0.3, -0.25) is 4.79 Å². The summed E-state index contributed by atoms with van der Waals surface area (Å²) in [6.45, 7) is 2.08. The third-order valence-corrected chi connectivity index (χ3v) is 2.13. The van der Waals surface area contributed by atoms with E-state index in [1.54, 1.807) is 6.20 Å². The molecule has 1 aliphatic rings. The van der Waals surface area contributed by atoms with Gasteiger partial charge in [-0.15, -0.1) is 0 Å². The first-order valence-electron chi connectivity index (χ1n) is 4.02.